The van der Waals surface area contributed by atoms with Crippen LogP contribution in [-0.4, -0.2) is 53.7 Å². The summed E-state index contributed by atoms with van der Waals surface area (Å²) in [5, 5.41) is 0. The van der Waals surface area contributed by atoms with E-state index in [1.165, 1.54) is 24.5 Å². The van der Waals surface area contributed by atoms with Crippen LogP contribution >= 0.6 is 0 Å². The first-order chi connectivity index (χ1) is 16.0. The fourth-order valence-electron chi connectivity index (χ4n) is 3.25. The van der Waals surface area contributed by atoms with Crippen molar-refractivity contribution >= 4 is 33.4 Å². The SMILES string of the molecule is C[C@H]1C(=O)N(c2ccc(S(=O)(=O)C(F)(F)F)cc2)C(=O)[N+]1(Cc1ccncc1)OC(=O)C(F)(F)F. The number of benzene rings is 1. The Labute approximate surface area is 193 Å². The van der Waals surface area contributed by atoms with Crippen molar-refractivity contribution in [1.82, 2.24) is 4.98 Å². The number of carbonyl (C=O) groups excluding carboxylic acids is 3. The van der Waals surface area contributed by atoms with Gasteiger partial charge in [0, 0.05) is 24.9 Å². The lowest BCUT2D eigenvalue weighted by Gasteiger charge is -2.29. The van der Waals surface area contributed by atoms with Crippen molar-refractivity contribution in [3.8, 4) is 0 Å². The summed E-state index contributed by atoms with van der Waals surface area (Å²) in [6, 6.07) is 1.76. The van der Waals surface area contributed by atoms with Gasteiger partial charge in [0.25, 0.3) is 9.84 Å². The highest BCUT2D eigenvalue weighted by Gasteiger charge is 2.65. The molecule has 0 bridgehead atoms. The molecule has 1 unspecified atom stereocenters. The van der Waals surface area contributed by atoms with Crippen molar-refractivity contribution in [3.05, 3.63) is 54.4 Å². The minimum absolute atomic E-state index is 0.163. The van der Waals surface area contributed by atoms with Crippen LogP contribution in [-0.2, 0) is 30.8 Å². The van der Waals surface area contributed by atoms with Crippen LogP contribution in [0.15, 0.2) is 53.7 Å². The van der Waals surface area contributed by atoms with Gasteiger partial charge in [0.1, 0.15) is 0 Å². The molecule has 188 valence electrons. The van der Waals surface area contributed by atoms with Crippen LogP contribution in [0.1, 0.15) is 12.5 Å². The highest BCUT2D eigenvalue weighted by Crippen LogP contribution is 2.37. The molecule has 3 amide bonds. The van der Waals surface area contributed by atoms with Gasteiger partial charge in [-0.05, 0) is 41.0 Å². The summed E-state index contributed by atoms with van der Waals surface area (Å²) < 4.78 is 98.6. The predicted molar refractivity (Wildman–Crippen MR) is 102 cm³/mol. The zero-order valence-corrected chi connectivity index (χ0v) is 18.2. The molecule has 1 saturated heterocycles. The van der Waals surface area contributed by atoms with Crippen molar-refractivity contribution in [2.45, 2.75) is 36.1 Å². The average Bonchev–Trinajstić information content (AvgIpc) is 2.94. The third-order valence-electron chi connectivity index (χ3n) is 5.07. The Bertz CT molecular complexity index is 1260. The molecular weight excluding hydrogens is 512 g/mol. The summed E-state index contributed by atoms with van der Waals surface area (Å²) in [6.45, 7) is 0.306. The second-order valence-electron chi connectivity index (χ2n) is 7.26. The van der Waals surface area contributed by atoms with E-state index in [1.54, 1.807) is 0 Å². The van der Waals surface area contributed by atoms with E-state index in [2.05, 4.69) is 9.82 Å². The van der Waals surface area contributed by atoms with Gasteiger partial charge in [-0.3, -0.25) is 14.6 Å². The highest BCUT2D eigenvalue weighted by atomic mass is 32.2. The number of hydrogen-bond donors (Lipinski definition) is 0. The molecule has 0 radical (unpaired) electrons. The molecule has 0 aliphatic carbocycles. The van der Waals surface area contributed by atoms with Gasteiger partial charge in [-0.15, -0.1) is 0 Å². The lowest BCUT2D eigenvalue weighted by atomic mass is 10.2. The van der Waals surface area contributed by atoms with Gasteiger partial charge in [0.05, 0.1) is 10.6 Å². The summed E-state index contributed by atoms with van der Waals surface area (Å²) in [7, 11) is -5.74. The van der Waals surface area contributed by atoms with E-state index in [9.17, 15) is 49.1 Å². The van der Waals surface area contributed by atoms with E-state index in [0.717, 1.165) is 6.92 Å². The molecule has 16 heteroatoms. The van der Waals surface area contributed by atoms with Crippen LogP contribution in [0.25, 0.3) is 0 Å². The number of amides is 3. The number of imide groups is 1. The van der Waals surface area contributed by atoms with E-state index in [-0.39, 0.29) is 5.56 Å². The second-order valence-corrected chi connectivity index (χ2v) is 9.20. The van der Waals surface area contributed by atoms with E-state index in [4.69, 9.17) is 0 Å². The molecule has 1 aliphatic heterocycles. The number of pyridine rings is 1. The number of urea groups is 1. The average molecular weight is 526 g/mol. The Morgan fingerprint density at radius 3 is 2.06 bits per heavy atom. The third kappa shape index (κ3) is 4.58. The number of carbonyl (C=O) groups is 3. The number of quaternary nitrogens is 1. The zero-order valence-electron chi connectivity index (χ0n) is 17.4. The fourth-order valence-corrected chi connectivity index (χ4v) is 4.02. The van der Waals surface area contributed by atoms with E-state index < -0.39 is 67.2 Å². The van der Waals surface area contributed by atoms with Gasteiger partial charge in [0.15, 0.2) is 6.54 Å². The molecule has 2 atom stereocenters. The summed E-state index contributed by atoms with van der Waals surface area (Å²) in [6.07, 6.45) is -3.04. The zero-order chi connectivity index (χ0) is 26.4. The Morgan fingerprint density at radius 2 is 1.57 bits per heavy atom. The Kier molecular flexibility index (Phi) is 6.41. The van der Waals surface area contributed by atoms with Crippen LogP contribution < -0.4 is 4.90 Å². The van der Waals surface area contributed by atoms with Gasteiger partial charge < -0.3 is 0 Å². The number of nitrogens with zero attached hydrogens (tertiary/aromatic N) is 3. The number of sulfone groups is 1. The van der Waals surface area contributed by atoms with Crippen LogP contribution in [0, 0.1) is 0 Å². The number of anilines is 1. The Hall–Kier alpha value is -3.53. The number of hydroxylamine groups is 3. The van der Waals surface area contributed by atoms with Crippen molar-refractivity contribution in [3.63, 3.8) is 0 Å². The standard InChI is InChI=1S/C19H14F6N3O6S/c1-11-15(29)27(13-2-4-14(5-3-13)35(32,33)19(23,24)25)17(31)28(11,34-16(30)18(20,21)22)10-12-6-8-26-9-7-12/h2-9,11H,10H2,1H3/q+1/t11-,28?/m0/s1. The Morgan fingerprint density at radius 1 is 1.03 bits per heavy atom. The Balaban J connectivity index is 2.06. The van der Waals surface area contributed by atoms with E-state index in [0.29, 0.717) is 29.2 Å². The van der Waals surface area contributed by atoms with Crippen LogP contribution in [0.3, 0.4) is 0 Å². The van der Waals surface area contributed by atoms with Gasteiger partial charge >= 0.3 is 29.6 Å². The molecule has 9 nitrogen and oxygen atoms in total. The van der Waals surface area contributed by atoms with E-state index >= 15 is 0 Å². The molecule has 1 aliphatic rings. The van der Waals surface area contributed by atoms with Crippen molar-refractivity contribution in [1.29, 1.82) is 0 Å². The second kappa shape index (κ2) is 8.60. The molecule has 0 spiro atoms. The first kappa shape index (κ1) is 26.1. The van der Waals surface area contributed by atoms with Gasteiger partial charge in [0.2, 0.25) is 6.04 Å². The normalized spacial score (nSPS) is 21.3. The maximum atomic E-state index is 13.3. The lowest BCUT2D eigenvalue weighted by molar-refractivity contribution is -1.04. The maximum absolute atomic E-state index is 13.3. The number of halogens is 6. The molecule has 2 heterocycles. The van der Waals surface area contributed by atoms with Gasteiger partial charge in [-0.1, -0.05) is 0 Å². The molecule has 0 N–H and O–H groups in total. The smallest absolute Gasteiger partial charge is 0.267 e. The van der Waals surface area contributed by atoms with Crippen LogP contribution in [0.4, 0.5) is 36.8 Å². The van der Waals surface area contributed by atoms with E-state index in [1.807, 2.05) is 0 Å². The number of alkyl halides is 6. The maximum Gasteiger partial charge on any atom is 0.501 e. The molecular formula is C19H14F6N3O6S+. The first-order valence-electron chi connectivity index (χ1n) is 9.39. The number of hydrogen-bond acceptors (Lipinski definition) is 7. The minimum Gasteiger partial charge on any atom is -0.267 e. The molecule has 2 aromatic rings. The third-order valence-corrected chi connectivity index (χ3v) is 6.57. The summed E-state index contributed by atoms with van der Waals surface area (Å²) >= 11 is 0. The topological polar surface area (TPSA) is 111 Å². The largest absolute Gasteiger partial charge is 0.501 e. The summed E-state index contributed by atoms with van der Waals surface area (Å²) in [5.74, 6) is -3.90. The lowest BCUT2D eigenvalue weighted by Crippen LogP contribution is -2.57. The van der Waals surface area contributed by atoms with Gasteiger partial charge in [-0.2, -0.15) is 31.2 Å². The highest BCUT2D eigenvalue weighted by molar-refractivity contribution is 7.92. The van der Waals surface area contributed by atoms with Crippen LogP contribution in [0.5, 0.6) is 0 Å². The predicted octanol–water partition coefficient (Wildman–Crippen LogP) is 3.27. The summed E-state index contributed by atoms with van der Waals surface area (Å²) in [4.78, 5) is 45.2. The number of rotatable bonds is 5. The van der Waals surface area contributed by atoms with Crippen molar-refractivity contribution in [2.24, 2.45) is 0 Å². The molecule has 1 fully saturated rings. The first-order valence-corrected chi connectivity index (χ1v) is 10.9. The number of aromatic nitrogens is 1. The molecule has 1 aromatic carbocycles. The van der Waals surface area contributed by atoms with Crippen molar-refractivity contribution < 1.29 is 58.6 Å². The molecule has 0 saturated carbocycles. The van der Waals surface area contributed by atoms with Crippen molar-refractivity contribution in [2.75, 3.05) is 4.90 Å². The van der Waals surface area contributed by atoms with Gasteiger partial charge in [-0.25, -0.2) is 18.0 Å². The molecule has 3 rings (SSSR count). The minimum atomic E-state index is -5.74. The van der Waals surface area contributed by atoms with Crippen LogP contribution in [0.2, 0.25) is 0 Å². The summed E-state index contributed by atoms with van der Waals surface area (Å²) in [5.41, 5.74) is -5.91. The monoisotopic (exact) mass is 526 g/mol. The fraction of sp³-hybridized carbons (Fsp3) is 0.263. The quantitative estimate of drug-likeness (QED) is 0.334. The molecule has 35 heavy (non-hydrogen) atoms. The molecule has 1 aromatic heterocycles.